The molecule has 0 aliphatic rings. The van der Waals surface area contributed by atoms with Crippen LogP contribution < -0.4 is 5.32 Å². The molecule has 1 rings (SSSR count). The molecule has 19 heavy (non-hydrogen) atoms. The van der Waals surface area contributed by atoms with Crippen LogP contribution in [0.4, 0.5) is 13.2 Å². The van der Waals surface area contributed by atoms with Crippen molar-refractivity contribution in [1.29, 1.82) is 0 Å². The largest absolute Gasteiger partial charge is 0.416 e. The fourth-order valence-electron chi connectivity index (χ4n) is 1.72. The molecule has 0 aliphatic heterocycles. The van der Waals surface area contributed by atoms with Crippen LogP contribution in [0.5, 0.6) is 0 Å². The van der Waals surface area contributed by atoms with E-state index in [4.69, 9.17) is 4.74 Å². The van der Waals surface area contributed by atoms with E-state index in [2.05, 4.69) is 5.32 Å². The van der Waals surface area contributed by atoms with Crippen LogP contribution in [0.25, 0.3) is 0 Å². The molecule has 1 N–H and O–H groups in total. The van der Waals surface area contributed by atoms with E-state index in [-0.39, 0.29) is 17.8 Å². The summed E-state index contributed by atoms with van der Waals surface area (Å²) in [6.45, 7) is 5.80. The third-order valence-electron chi connectivity index (χ3n) is 2.67. The first kappa shape index (κ1) is 16.0. The topological polar surface area (TPSA) is 21.3 Å². The summed E-state index contributed by atoms with van der Waals surface area (Å²) in [7, 11) is 1.63. The molecule has 0 spiro atoms. The molecule has 108 valence electrons. The number of halogens is 3. The first-order chi connectivity index (χ1) is 8.65. The van der Waals surface area contributed by atoms with Gasteiger partial charge in [-0.2, -0.15) is 13.2 Å². The van der Waals surface area contributed by atoms with Gasteiger partial charge in [0, 0.05) is 0 Å². The summed E-state index contributed by atoms with van der Waals surface area (Å²) in [5.41, 5.74) is -0.795. The van der Waals surface area contributed by atoms with Crippen molar-refractivity contribution >= 4 is 0 Å². The Morgan fingerprint density at radius 3 is 2.21 bits per heavy atom. The molecule has 0 aliphatic carbocycles. The van der Waals surface area contributed by atoms with Crippen molar-refractivity contribution < 1.29 is 17.9 Å². The lowest BCUT2D eigenvalue weighted by molar-refractivity contribution is -0.138. The van der Waals surface area contributed by atoms with Gasteiger partial charge < -0.3 is 10.1 Å². The van der Waals surface area contributed by atoms with Crippen LogP contribution in [-0.2, 0) is 10.9 Å². The van der Waals surface area contributed by atoms with E-state index in [0.717, 1.165) is 6.07 Å². The molecule has 2 nitrogen and oxygen atoms in total. The lowest BCUT2D eigenvalue weighted by atomic mass is 10.00. The molecule has 0 saturated carbocycles. The molecule has 1 aromatic rings. The quantitative estimate of drug-likeness (QED) is 0.903. The Bertz CT molecular complexity index is 410. The van der Waals surface area contributed by atoms with Gasteiger partial charge in [0.2, 0.25) is 0 Å². The maximum absolute atomic E-state index is 13.0. The fourth-order valence-corrected chi connectivity index (χ4v) is 1.72. The van der Waals surface area contributed by atoms with Crippen LogP contribution in [-0.4, -0.2) is 19.3 Å². The number of likely N-dealkylation sites (N-methyl/N-ethyl adjacent to an activating group) is 1. The summed E-state index contributed by atoms with van der Waals surface area (Å²) in [5, 5.41) is 2.88. The molecule has 0 bridgehead atoms. The monoisotopic (exact) mass is 275 g/mol. The maximum atomic E-state index is 13.0. The van der Waals surface area contributed by atoms with Crippen molar-refractivity contribution in [1.82, 2.24) is 5.32 Å². The molecule has 0 radical (unpaired) electrons. The van der Waals surface area contributed by atoms with Crippen molar-refractivity contribution in [2.45, 2.75) is 38.6 Å². The number of rotatable bonds is 4. The van der Waals surface area contributed by atoms with E-state index in [1.54, 1.807) is 13.1 Å². The van der Waals surface area contributed by atoms with Gasteiger partial charge >= 0.3 is 6.18 Å². The van der Waals surface area contributed by atoms with Gasteiger partial charge in [-0.3, -0.25) is 0 Å². The number of hydrogen-bond donors (Lipinski definition) is 1. The van der Waals surface area contributed by atoms with Gasteiger partial charge in [0.1, 0.15) is 0 Å². The average Bonchev–Trinajstić information content (AvgIpc) is 2.27. The lowest BCUT2D eigenvalue weighted by Gasteiger charge is -2.26. The maximum Gasteiger partial charge on any atom is 0.416 e. The molecule has 0 amide bonds. The zero-order valence-electron chi connectivity index (χ0n) is 11.6. The Kier molecular flexibility index (Phi) is 4.98. The highest BCUT2D eigenvalue weighted by Gasteiger charge is 2.34. The van der Waals surface area contributed by atoms with Gasteiger partial charge in [-0.25, -0.2) is 0 Å². The van der Waals surface area contributed by atoms with Crippen molar-refractivity contribution in [3.63, 3.8) is 0 Å². The van der Waals surface area contributed by atoms with Crippen LogP contribution in [0.3, 0.4) is 0 Å². The predicted molar refractivity (Wildman–Crippen MR) is 68.9 cm³/mol. The van der Waals surface area contributed by atoms with Gasteiger partial charge in [-0.15, -0.1) is 0 Å². The standard InChI is InChI=1S/C14H20F3NO/c1-13(2,3)19-9-12(18-4)10-7-5-6-8-11(10)14(15,16)17/h5-8,12,18H,9H2,1-4H3. The Morgan fingerprint density at radius 2 is 1.74 bits per heavy atom. The van der Waals surface area contributed by atoms with E-state index in [9.17, 15) is 13.2 Å². The second-order valence-corrected chi connectivity index (χ2v) is 5.35. The van der Waals surface area contributed by atoms with Crippen molar-refractivity contribution in [2.24, 2.45) is 0 Å². The highest BCUT2D eigenvalue weighted by atomic mass is 19.4. The van der Waals surface area contributed by atoms with Crippen LogP contribution in [0.15, 0.2) is 24.3 Å². The summed E-state index contributed by atoms with van der Waals surface area (Å²) in [6, 6.07) is 5.08. The third-order valence-corrected chi connectivity index (χ3v) is 2.67. The second-order valence-electron chi connectivity index (χ2n) is 5.35. The third kappa shape index (κ3) is 4.84. The van der Waals surface area contributed by atoms with E-state index in [1.165, 1.54) is 12.1 Å². The van der Waals surface area contributed by atoms with E-state index in [0.29, 0.717) is 0 Å². The summed E-state index contributed by atoms with van der Waals surface area (Å²) in [5.74, 6) is 0. The van der Waals surface area contributed by atoms with Crippen molar-refractivity contribution in [3.05, 3.63) is 35.4 Å². The number of benzene rings is 1. The normalized spacial score (nSPS) is 14.5. The van der Waals surface area contributed by atoms with Crippen LogP contribution >= 0.6 is 0 Å². The Hall–Kier alpha value is -1.07. The molecule has 0 fully saturated rings. The van der Waals surface area contributed by atoms with Crippen LogP contribution in [0.2, 0.25) is 0 Å². The van der Waals surface area contributed by atoms with E-state index < -0.39 is 17.8 Å². The molecule has 0 heterocycles. The zero-order chi connectivity index (χ0) is 14.7. The van der Waals surface area contributed by atoms with Gasteiger partial charge in [0.15, 0.2) is 0 Å². The first-order valence-electron chi connectivity index (χ1n) is 6.12. The number of alkyl halides is 3. The van der Waals surface area contributed by atoms with Gasteiger partial charge in [0.25, 0.3) is 0 Å². The van der Waals surface area contributed by atoms with Gasteiger partial charge in [0.05, 0.1) is 23.8 Å². The lowest BCUT2D eigenvalue weighted by Crippen LogP contribution is -2.29. The molecule has 0 aromatic heterocycles. The molecule has 0 saturated heterocycles. The molecule has 1 unspecified atom stereocenters. The number of nitrogens with one attached hydrogen (secondary N) is 1. The van der Waals surface area contributed by atoms with Gasteiger partial charge in [-0.1, -0.05) is 18.2 Å². The summed E-state index contributed by atoms with van der Waals surface area (Å²) >= 11 is 0. The summed E-state index contributed by atoms with van der Waals surface area (Å²) in [6.07, 6.45) is -4.35. The van der Waals surface area contributed by atoms with Crippen LogP contribution in [0, 0.1) is 0 Å². The van der Waals surface area contributed by atoms with E-state index >= 15 is 0 Å². The SMILES string of the molecule is CNC(COC(C)(C)C)c1ccccc1C(F)(F)F. The number of hydrogen-bond acceptors (Lipinski definition) is 2. The van der Waals surface area contributed by atoms with E-state index in [1.807, 2.05) is 20.8 Å². The smallest absolute Gasteiger partial charge is 0.374 e. The molecule has 1 atom stereocenters. The second kappa shape index (κ2) is 5.92. The highest BCUT2D eigenvalue weighted by Crippen LogP contribution is 2.34. The predicted octanol–water partition coefficient (Wildman–Crippen LogP) is 3.78. The minimum Gasteiger partial charge on any atom is -0.374 e. The first-order valence-corrected chi connectivity index (χ1v) is 6.12. The average molecular weight is 275 g/mol. The molecular formula is C14H20F3NO. The Labute approximate surface area is 112 Å². The number of ether oxygens (including phenoxy) is 1. The van der Waals surface area contributed by atoms with Crippen molar-refractivity contribution in [3.8, 4) is 0 Å². The minimum absolute atomic E-state index is 0.188. The zero-order valence-corrected chi connectivity index (χ0v) is 11.6. The van der Waals surface area contributed by atoms with Crippen molar-refractivity contribution in [2.75, 3.05) is 13.7 Å². The van der Waals surface area contributed by atoms with Gasteiger partial charge in [-0.05, 0) is 39.4 Å². The Morgan fingerprint density at radius 1 is 1.16 bits per heavy atom. The summed E-state index contributed by atoms with van der Waals surface area (Å²) in [4.78, 5) is 0. The fraction of sp³-hybridized carbons (Fsp3) is 0.571. The Balaban J connectivity index is 2.99. The molecule has 1 aromatic carbocycles. The minimum atomic E-state index is -4.35. The summed E-state index contributed by atoms with van der Waals surface area (Å²) < 4.78 is 44.4. The molecular weight excluding hydrogens is 255 g/mol. The van der Waals surface area contributed by atoms with Crippen LogP contribution in [0.1, 0.15) is 37.9 Å². The molecule has 5 heteroatoms. The highest BCUT2D eigenvalue weighted by molar-refractivity contribution is 5.32.